The Hall–Kier alpha value is -4.92. The van der Waals surface area contributed by atoms with E-state index in [9.17, 15) is 9.59 Å². The first-order valence-electron chi connectivity index (χ1n) is 15.5. The van der Waals surface area contributed by atoms with Crippen LogP contribution in [0.2, 0.25) is 0 Å². The molecule has 0 aliphatic carbocycles. The molecule has 2 aliphatic heterocycles. The molecule has 14 heteroatoms. The predicted octanol–water partition coefficient (Wildman–Crippen LogP) is 7.45. The number of methoxy groups -OCH3 is 2. The highest BCUT2D eigenvalue weighted by Gasteiger charge is 2.25. The summed E-state index contributed by atoms with van der Waals surface area (Å²) in [6, 6.07) is 11.2. The number of ether oxygens (including phenoxy) is 3. The van der Waals surface area contributed by atoms with Gasteiger partial charge in [-0.15, -0.1) is 22.7 Å². The zero-order valence-corrected chi connectivity index (χ0v) is 28.7. The third-order valence-corrected chi connectivity index (χ3v) is 9.86. The van der Waals surface area contributed by atoms with Gasteiger partial charge in [0.25, 0.3) is 5.56 Å². The van der Waals surface area contributed by atoms with Crippen molar-refractivity contribution < 1.29 is 19.0 Å². The summed E-state index contributed by atoms with van der Waals surface area (Å²) in [5, 5.41) is 5.15. The van der Waals surface area contributed by atoms with Gasteiger partial charge in [0.1, 0.15) is 37.0 Å². The van der Waals surface area contributed by atoms with Gasteiger partial charge in [-0.3, -0.25) is 9.36 Å². The Bertz CT molecular complexity index is 2150. The van der Waals surface area contributed by atoms with E-state index in [-0.39, 0.29) is 19.0 Å². The first kappa shape index (κ1) is 35.4. The lowest BCUT2D eigenvalue weighted by Crippen LogP contribution is -2.22. The smallest absolute Gasteiger partial charge is 0.350 e. The third kappa shape index (κ3) is 7.12. The van der Waals surface area contributed by atoms with Crippen LogP contribution in [0.1, 0.15) is 43.8 Å². The monoisotopic (exact) mass is 701 g/mol. The van der Waals surface area contributed by atoms with Crippen LogP contribution < -0.4 is 20.5 Å². The topological polar surface area (TPSA) is 133 Å². The summed E-state index contributed by atoms with van der Waals surface area (Å²) in [5.74, 6) is 0.383. The summed E-state index contributed by atoms with van der Waals surface area (Å²) in [6.45, 7) is 7.70. The highest BCUT2D eigenvalue weighted by atomic mass is 32.1. The van der Waals surface area contributed by atoms with E-state index in [4.69, 9.17) is 14.2 Å². The van der Waals surface area contributed by atoms with Crippen molar-refractivity contribution in [3.8, 4) is 11.4 Å². The summed E-state index contributed by atoms with van der Waals surface area (Å²) in [5.41, 5.74) is 4.01. The molecule has 6 aromatic rings. The quantitative estimate of drug-likeness (QED) is 0.175. The van der Waals surface area contributed by atoms with Gasteiger partial charge < -0.3 is 24.4 Å². The molecule has 7 heterocycles. The number of benzene rings is 1. The average Bonchev–Trinajstić information content (AvgIpc) is 3.91. The Balaban J connectivity index is 0.000000170. The van der Waals surface area contributed by atoms with Gasteiger partial charge in [-0.05, 0) is 63.1 Å². The number of hydrogen-bond acceptors (Lipinski definition) is 13. The summed E-state index contributed by atoms with van der Waals surface area (Å²) in [4.78, 5) is 46.5. The van der Waals surface area contributed by atoms with Crippen molar-refractivity contribution in [3.05, 3.63) is 70.4 Å². The summed E-state index contributed by atoms with van der Waals surface area (Å²) >= 11 is 2.69. The number of rotatable bonds is 6. The molecule has 5 aromatic heterocycles. The normalized spacial score (nSPS) is 12.9. The van der Waals surface area contributed by atoms with Crippen LogP contribution in [0.5, 0.6) is 5.75 Å². The molecule has 8 rings (SSSR count). The molecular weight excluding hydrogens is 663 g/mol. The molecule has 12 nitrogen and oxygen atoms in total. The number of pyridine rings is 2. The molecular formula is C35H39N7O5S2. The molecule has 1 N–H and O–H groups in total. The molecule has 0 unspecified atom stereocenters. The zero-order chi connectivity index (χ0) is 33.6. The van der Waals surface area contributed by atoms with Gasteiger partial charge in [0.05, 0.1) is 48.2 Å². The van der Waals surface area contributed by atoms with Crippen molar-refractivity contribution >= 4 is 82.7 Å². The van der Waals surface area contributed by atoms with Gasteiger partial charge in [0.2, 0.25) is 0 Å². The van der Waals surface area contributed by atoms with Gasteiger partial charge >= 0.3 is 5.97 Å². The van der Waals surface area contributed by atoms with Crippen LogP contribution in [-0.4, -0.2) is 72.3 Å². The van der Waals surface area contributed by atoms with Crippen LogP contribution in [-0.2, 0) is 9.47 Å². The molecule has 0 bridgehead atoms. The first-order chi connectivity index (χ1) is 23.5. The highest BCUT2D eigenvalue weighted by Crippen LogP contribution is 2.44. The van der Waals surface area contributed by atoms with Crippen LogP contribution in [0.3, 0.4) is 0 Å². The molecule has 0 saturated carbocycles. The van der Waals surface area contributed by atoms with E-state index in [2.05, 4.69) is 32.2 Å². The van der Waals surface area contributed by atoms with Crippen molar-refractivity contribution in [1.29, 1.82) is 0 Å². The number of nitrogens with one attached hydrogen (secondary N) is 1. The van der Waals surface area contributed by atoms with E-state index < -0.39 is 0 Å². The van der Waals surface area contributed by atoms with E-state index in [1.165, 1.54) is 42.6 Å². The molecule has 1 saturated heterocycles. The summed E-state index contributed by atoms with van der Waals surface area (Å²) in [7, 11) is 2.99. The maximum Gasteiger partial charge on any atom is 0.350 e. The van der Waals surface area contributed by atoms with Crippen LogP contribution >= 0.6 is 22.7 Å². The number of hydrogen-bond donors (Lipinski definition) is 1. The molecule has 2 aliphatic rings. The van der Waals surface area contributed by atoms with Crippen molar-refractivity contribution in [2.75, 3.05) is 50.7 Å². The number of aromatic nitrogens is 4. The van der Waals surface area contributed by atoms with Crippen molar-refractivity contribution in [3.63, 3.8) is 0 Å². The second-order valence-electron chi connectivity index (χ2n) is 10.6. The fraction of sp³-hybridized carbons (Fsp3) is 0.314. The standard InChI is InChI=1S/C18H16N4O2S.C12H11N3O2S.C4H8O.CH4/c1-3-19-13-8-9-20-17-14(13)15-16(25-17)18(23)22(10-21-15)11-4-6-12(24-2)7-5-11;1-3-15-6-14-9-8-7(15)4-5-13-11(8)18-10(9)12(16)17-2;1-2-4-5-3-1;/h4-10H,3H2,1-2H3,(H,19,20);4-6H,3H2,1-2H3;1-4H2;1H4. The Morgan fingerprint density at radius 1 is 0.959 bits per heavy atom. The molecule has 0 amide bonds. The zero-order valence-electron chi connectivity index (χ0n) is 27.1. The minimum absolute atomic E-state index is 0. The van der Waals surface area contributed by atoms with E-state index in [0.717, 1.165) is 69.5 Å². The second kappa shape index (κ2) is 16.0. The largest absolute Gasteiger partial charge is 0.497 e. The van der Waals surface area contributed by atoms with Crippen molar-refractivity contribution in [1.82, 2.24) is 19.5 Å². The molecule has 1 fully saturated rings. The van der Waals surface area contributed by atoms with Gasteiger partial charge in [-0.25, -0.2) is 24.7 Å². The minimum Gasteiger partial charge on any atom is -0.497 e. The number of carbonyl (C=O) groups is 1. The fourth-order valence-electron chi connectivity index (χ4n) is 5.35. The van der Waals surface area contributed by atoms with E-state index in [1.54, 1.807) is 36.7 Å². The fourth-order valence-corrected chi connectivity index (χ4v) is 7.44. The van der Waals surface area contributed by atoms with E-state index >= 15 is 0 Å². The van der Waals surface area contributed by atoms with Crippen LogP contribution in [0.4, 0.5) is 17.1 Å². The third-order valence-electron chi connectivity index (χ3n) is 7.72. The molecule has 0 spiro atoms. The number of carbonyl (C=O) groups excluding carboxylic acids is 1. The van der Waals surface area contributed by atoms with Crippen molar-refractivity contribution in [2.24, 2.45) is 4.99 Å². The van der Waals surface area contributed by atoms with E-state index in [1.807, 2.05) is 48.2 Å². The van der Waals surface area contributed by atoms with E-state index in [0.29, 0.717) is 20.8 Å². The Morgan fingerprint density at radius 3 is 2.31 bits per heavy atom. The van der Waals surface area contributed by atoms with Gasteiger partial charge in [0.15, 0.2) is 0 Å². The summed E-state index contributed by atoms with van der Waals surface area (Å²) < 4.78 is 17.0. The van der Waals surface area contributed by atoms with Crippen LogP contribution in [0, 0.1) is 0 Å². The second-order valence-corrected chi connectivity index (χ2v) is 12.6. The van der Waals surface area contributed by atoms with Gasteiger partial charge in [-0.1, -0.05) is 7.43 Å². The van der Waals surface area contributed by atoms with Gasteiger partial charge in [-0.2, -0.15) is 0 Å². The number of anilines is 2. The molecule has 0 radical (unpaired) electrons. The number of aliphatic imine (C=N–C) groups is 1. The molecule has 49 heavy (non-hydrogen) atoms. The Morgan fingerprint density at radius 2 is 1.67 bits per heavy atom. The predicted molar refractivity (Wildman–Crippen MR) is 200 cm³/mol. The van der Waals surface area contributed by atoms with Crippen LogP contribution in [0.25, 0.3) is 36.3 Å². The molecule has 0 atom stereocenters. The Labute approximate surface area is 292 Å². The lowest BCUT2D eigenvalue weighted by atomic mass is 10.2. The maximum absolute atomic E-state index is 13.0. The number of esters is 1. The van der Waals surface area contributed by atoms with Crippen LogP contribution in [0.15, 0.2) is 64.9 Å². The number of nitrogens with zero attached hydrogens (tertiary/aromatic N) is 6. The van der Waals surface area contributed by atoms with Crippen molar-refractivity contribution in [2.45, 2.75) is 34.1 Å². The lowest BCUT2D eigenvalue weighted by molar-refractivity contribution is 0.0607. The number of thiophene rings is 2. The van der Waals surface area contributed by atoms with Gasteiger partial charge in [0, 0.05) is 44.4 Å². The molecule has 256 valence electrons. The minimum atomic E-state index is -0.360. The highest BCUT2D eigenvalue weighted by molar-refractivity contribution is 7.25. The molecule has 1 aromatic carbocycles. The summed E-state index contributed by atoms with van der Waals surface area (Å²) in [6.07, 6.45) is 9.37. The lowest BCUT2D eigenvalue weighted by Gasteiger charge is -2.21. The SMILES string of the molecule is C.C1CCOC1.CCN1C=Nc2c(C(=O)OC)sc3nccc1c23.CCNc1ccnc2sc3c(=O)n(-c4ccc(OC)cc4)cnc3c12. The average molecular weight is 702 g/mol. The Kier molecular flexibility index (Phi) is 11.5. The first-order valence-corrected chi connectivity index (χ1v) is 17.2. The number of fused-ring (bicyclic) bond motifs is 3. The maximum atomic E-state index is 13.0.